The lowest BCUT2D eigenvalue weighted by Crippen LogP contribution is -2.42. The van der Waals surface area contributed by atoms with Crippen LogP contribution < -0.4 is 4.90 Å². The highest BCUT2D eigenvalue weighted by Gasteiger charge is 2.35. The van der Waals surface area contributed by atoms with Gasteiger partial charge in [0.2, 0.25) is 0 Å². The van der Waals surface area contributed by atoms with Gasteiger partial charge in [-0.2, -0.15) is 0 Å². The quantitative estimate of drug-likeness (QED) is 0.564. The lowest BCUT2D eigenvalue weighted by Gasteiger charge is -2.28. The maximum Gasteiger partial charge on any atom is 0.415 e. The van der Waals surface area contributed by atoms with Crippen molar-refractivity contribution in [3.05, 3.63) is 29.8 Å². The maximum atomic E-state index is 12.3. The lowest BCUT2D eigenvalue weighted by atomic mass is 10.1. The SMILES string of the molecule is CC(C)(C)OC(=O)N1c2ccccc2C[C@H]1CI. The minimum absolute atomic E-state index is 0.206. The van der Waals surface area contributed by atoms with Gasteiger partial charge in [-0.05, 0) is 38.8 Å². The number of nitrogens with zero attached hydrogens (tertiary/aromatic N) is 1. The molecule has 1 aliphatic heterocycles. The zero-order valence-electron chi connectivity index (χ0n) is 10.9. The smallest absolute Gasteiger partial charge is 0.415 e. The number of halogens is 1. The standard InChI is InChI=1S/C14H18INO2/c1-14(2,3)18-13(17)16-11(9-15)8-10-6-4-5-7-12(10)16/h4-7,11H,8-9H2,1-3H3/t11-/m0/s1. The molecule has 4 heteroatoms. The van der Waals surface area contributed by atoms with Gasteiger partial charge in [-0.1, -0.05) is 40.8 Å². The van der Waals surface area contributed by atoms with Crippen molar-refractivity contribution in [3.63, 3.8) is 0 Å². The summed E-state index contributed by atoms with van der Waals surface area (Å²) in [6.07, 6.45) is 0.673. The van der Waals surface area contributed by atoms with Crippen LogP contribution in [0.2, 0.25) is 0 Å². The number of fused-ring (bicyclic) bond motifs is 1. The molecule has 0 saturated carbocycles. The second-order valence-electron chi connectivity index (χ2n) is 5.49. The van der Waals surface area contributed by atoms with E-state index in [1.807, 2.05) is 39.0 Å². The van der Waals surface area contributed by atoms with Crippen LogP contribution in [0, 0.1) is 0 Å². The molecular weight excluding hydrogens is 341 g/mol. The summed E-state index contributed by atoms with van der Waals surface area (Å²) >= 11 is 2.32. The molecule has 0 N–H and O–H groups in total. The first-order chi connectivity index (χ1) is 8.42. The summed E-state index contributed by atoms with van der Waals surface area (Å²) < 4.78 is 6.40. The van der Waals surface area contributed by atoms with Crippen molar-refractivity contribution in [2.75, 3.05) is 9.33 Å². The van der Waals surface area contributed by atoms with Crippen LogP contribution in [0.15, 0.2) is 24.3 Å². The van der Waals surface area contributed by atoms with E-state index >= 15 is 0 Å². The molecule has 18 heavy (non-hydrogen) atoms. The van der Waals surface area contributed by atoms with Gasteiger partial charge in [0, 0.05) is 4.43 Å². The summed E-state index contributed by atoms with van der Waals surface area (Å²) in [4.78, 5) is 14.1. The summed E-state index contributed by atoms with van der Waals surface area (Å²) in [6, 6.07) is 8.26. The fraction of sp³-hybridized carbons (Fsp3) is 0.500. The first-order valence-corrected chi connectivity index (χ1v) is 7.61. The van der Waals surface area contributed by atoms with Crippen LogP contribution in [0.4, 0.5) is 10.5 Å². The molecule has 1 aromatic carbocycles. The Morgan fingerprint density at radius 2 is 2.11 bits per heavy atom. The van der Waals surface area contributed by atoms with E-state index in [2.05, 4.69) is 28.7 Å². The zero-order valence-corrected chi connectivity index (χ0v) is 13.1. The second-order valence-corrected chi connectivity index (χ2v) is 6.37. The molecule has 0 bridgehead atoms. The zero-order chi connectivity index (χ0) is 13.3. The Kier molecular flexibility index (Phi) is 3.84. The number of anilines is 1. The van der Waals surface area contributed by atoms with Crippen LogP contribution in [0.25, 0.3) is 0 Å². The number of rotatable bonds is 1. The Balaban J connectivity index is 2.27. The van der Waals surface area contributed by atoms with Gasteiger partial charge >= 0.3 is 6.09 Å². The number of carbonyl (C=O) groups excluding carboxylic acids is 1. The summed E-state index contributed by atoms with van der Waals surface area (Å²) in [5.74, 6) is 0. The van der Waals surface area contributed by atoms with E-state index in [0.717, 1.165) is 16.5 Å². The van der Waals surface area contributed by atoms with Crippen LogP contribution in [-0.2, 0) is 11.2 Å². The van der Waals surface area contributed by atoms with E-state index in [9.17, 15) is 4.79 Å². The van der Waals surface area contributed by atoms with E-state index in [1.165, 1.54) is 5.56 Å². The number of ether oxygens (including phenoxy) is 1. The third-order valence-corrected chi connectivity index (χ3v) is 3.86. The van der Waals surface area contributed by atoms with Crippen molar-refractivity contribution in [1.82, 2.24) is 0 Å². The predicted molar refractivity (Wildman–Crippen MR) is 81.5 cm³/mol. The number of para-hydroxylation sites is 1. The average Bonchev–Trinajstić information content (AvgIpc) is 2.64. The van der Waals surface area contributed by atoms with Crippen LogP contribution in [-0.4, -0.2) is 22.2 Å². The van der Waals surface area contributed by atoms with Crippen LogP contribution >= 0.6 is 22.6 Å². The molecule has 3 nitrogen and oxygen atoms in total. The van der Waals surface area contributed by atoms with Gasteiger partial charge in [-0.3, -0.25) is 4.90 Å². The van der Waals surface area contributed by atoms with Gasteiger partial charge in [0.1, 0.15) is 5.60 Å². The van der Waals surface area contributed by atoms with Gasteiger partial charge in [0.25, 0.3) is 0 Å². The molecule has 1 aliphatic rings. The number of carbonyl (C=O) groups is 1. The average molecular weight is 359 g/mol. The van der Waals surface area contributed by atoms with Crippen LogP contribution in [0.1, 0.15) is 26.3 Å². The number of hydrogen-bond acceptors (Lipinski definition) is 2. The minimum atomic E-state index is -0.454. The predicted octanol–water partition coefficient (Wildman–Crippen LogP) is 3.79. The van der Waals surface area contributed by atoms with Gasteiger partial charge in [0.15, 0.2) is 0 Å². The molecule has 2 rings (SSSR count). The van der Waals surface area contributed by atoms with Crippen LogP contribution in [0.5, 0.6) is 0 Å². The van der Waals surface area contributed by atoms with Crippen molar-refractivity contribution in [2.45, 2.75) is 38.8 Å². The highest BCUT2D eigenvalue weighted by molar-refractivity contribution is 14.1. The molecule has 0 unspecified atom stereocenters. The Morgan fingerprint density at radius 1 is 1.44 bits per heavy atom. The Morgan fingerprint density at radius 3 is 2.72 bits per heavy atom. The molecule has 1 aromatic rings. The second kappa shape index (κ2) is 5.07. The summed E-state index contributed by atoms with van der Waals surface area (Å²) in [7, 11) is 0. The molecule has 0 aromatic heterocycles. The largest absolute Gasteiger partial charge is 0.443 e. The molecule has 98 valence electrons. The van der Waals surface area contributed by atoms with Gasteiger partial charge < -0.3 is 4.74 Å². The molecule has 1 amide bonds. The first-order valence-electron chi connectivity index (χ1n) is 6.08. The lowest BCUT2D eigenvalue weighted by molar-refractivity contribution is 0.0573. The van der Waals surface area contributed by atoms with Crippen molar-refractivity contribution in [2.24, 2.45) is 0 Å². The van der Waals surface area contributed by atoms with Gasteiger partial charge in [-0.25, -0.2) is 4.79 Å². The Labute approximate surface area is 122 Å². The third-order valence-electron chi connectivity index (χ3n) is 2.84. The van der Waals surface area contributed by atoms with E-state index in [-0.39, 0.29) is 12.1 Å². The van der Waals surface area contributed by atoms with E-state index < -0.39 is 5.60 Å². The van der Waals surface area contributed by atoms with Crippen molar-refractivity contribution >= 4 is 34.4 Å². The van der Waals surface area contributed by atoms with Crippen molar-refractivity contribution in [3.8, 4) is 0 Å². The fourth-order valence-corrected chi connectivity index (χ4v) is 2.85. The first kappa shape index (κ1) is 13.6. The number of benzene rings is 1. The highest BCUT2D eigenvalue weighted by Crippen LogP contribution is 2.33. The molecule has 1 atom stereocenters. The third kappa shape index (κ3) is 2.79. The molecule has 1 heterocycles. The topological polar surface area (TPSA) is 29.5 Å². The summed E-state index contributed by atoms with van der Waals surface area (Å²) in [5.41, 5.74) is 1.77. The fourth-order valence-electron chi connectivity index (χ4n) is 2.14. The normalized spacial score (nSPS) is 18.7. The molecular formula is C14H18INO2. The van der Waals surface area contributed by atoms with E-state index in [0.29, 0.717) is 0 Å². The van der Waals surface area contributed by atoms with E-state index in [1.54, 1.807) is 4.90 Å². The molecule has 0 radical (unpaired) electrons. The minimum Gasteiger partial charge on any atom is -0.443 e. The highest BCUT2D eigenvalue weighted by atomic mass is 127. The number of hydrogen-bond donors (Lipinski definition) is 0. The molecule has 0 fully saturated rings. The molecule has 0 spiro atoms. The van der Waals surface area contributed by atoms with Crippen molar-refractivity contribution < 1.29 is 9.53 Å². The summed E-state index contributed by atoms with van der Waals surface area (Å²) in [6.45, 7) is 5.68. The number of alkyl halides is 1. The Bertz CT molecular complexity index is 453. The molecule has 0 aliphatic carbocycles. The molecule has 0 saturated heterocycles. The van der Waals surface area contributed by atoms with Crippen molar-refractivity contribution in [1.29, 1.82) is 0 Å². The number of amides is 1. The Hall–Kier alpha value is -0.780. The van der Waals surface area contributed by atoms with Gasteiger partial charge in [-0.15, -0.1) is 0 Å². The van der Waals surface area contributed by atoms with E-state index in [4.69, 9.17) is 4.74 Å². The monoisotopic (exact) mass is 359 g/mol. The van der Waals surface area contributed by atoms with Gasteiger partial charge in [0.05, 0.1) is 11.7 Å². The summed E-state index contributed by atoms with van der Waals surface area (Å²) in [5, 5.41) is 0. The van der Waals surface area contributed by atoms with Crippen LogP contribution in [0.3, 0.4) is 0 Å². The maximum absolute atomic E-state index is 12.3.